The number of halogens is 1. The molecule has 0 saturated heterocycles. The van der Waals surface area contributed by atoms with Crippen molar-refractivity contribution < 1.29 is 4.92 Å². The second-order valence-corrected chi connectivity index (χ2v) is 6.32. The predicted octanol–water partition coefficient (Wildman–Crippen LogP) is 3.65. The van der Waals surface area contributed by atoms with Crippen LogP contribution < -0.4 is 0 Å². The van der Waals surface area contributed by atoms with Crippen molar-refractivity contribution in [1.82, 2.24) is 4.98 Å². The number of hydrogen-bond acceptors (Lipinski definition) is 3. The molecule has 1 unspecified atom stereocenters. The number of alkyl halides is 1. The maximum absolute atomic E-state index is 11.0. The lowest BCUT2D eigenvalue weighted by atomic mass is 9.89. The summed E-state index contributed by atoms with van der Waals surface area (Å²) in [6.07, 6.45) is 2.18. The molecule has 0 amide bonds. The third-order valence-electron chi connectivity index (χ3n) is 2.70. The average molecular weight is 301 g/mol. The van der Waals surface area contributed by atoms with Crippen molar-refractivity contribution in [2.24, 2.45) is 5.41 Å². The highest BCUT2D eigenvalue weighted by Crippen LogP contribution is 2.31. The number of nitrogens with zero attached hydrogens (tertiary/aromatic N) is 2. The monoisotopic (exact) mass is 300 g/mol. The first-order valence-electron chi connectivity index (χ1n) is 5.46. The number of aromatic nitrogens is 1. The van der Waals surface area contributed by atoms with E-state index in [0.29, 0.717) is 17.7 Å². The Kier molecular flexibility index (Phi) is 4.25. The molecule has 0 fully saturated rings. The molecule has 1 aromatic rings. The van der Waals surface area contributed by atoms with Gasteiger partial charge < -0.3 is 0 Å². The quantitative estimate of drug-likeness (QED) is 0.486. The van der Waals surface area contributed by atoms with Crippen LogP contribution in [0.4, 0.5) is 5.69 Å². The minimum absolute atomic E-state index is 0.0410. The zero-order valence-electron chi connectivity index (χ0n) is 10.5. The van der Waals surface area contributed by atoms with E-state index < -0.39 is 0 Å². The smallest absolute Gasteiger partial charge is 0.258 e. The van der Waals surface area contributed by atoms with E-state index in [1.807, 2.05) is 0 Å². The van der Waals surface area contributed by atoms with Crippen LogP contribution in [0.5, 0.6) is 0 Å². The lowest BCUT2D eigenvalue weighted by Crippen LogP contribution is -2.23. The molecule has 1 heterocycles. The van der Waals surface area contributed by atoms with E-state index in [-0.39, 0.29) is 20.9 Å². The van der Waals surface area contributed by atoms with Gasteiger partial charge in [-0.2, -0.15) is 0 Å². The van der Waals surface area contributed by atoms with E-state index in [0.717, 1.165) is 0 Å². The molecule has 1 aromatic heterocycles. The van der Waals surface area contributed by atoms with Crippen molar-refractivity contribution in [1.29, 1.82) is 0 Å². The number of pyridine rings is 1. The second kappa shape index (κ2) is 5.12. The first-order chi connectivity index (χ1) is 7.73. The van der Waals surface area contributed by atoms with Crippen molar-refractivity contribution in [2.45, 2.75) is 38.9 Å². The number of rotatable bonds is 3. The summed E-state index contributed by atoms with van der Waals surface area (Å²) in [5.74, 6) is 0. The fourth-order valence-electron chi connectivity index (χ4n) is 1.48. The fraction of sp³-hybridized carbons (Fsp3) is 0.583. The van der Waals surface area contributed by atoms with Crippen LogP contribution in [0.15, 0.2) is 12.3 Å². The molecule has 94 valence electrons. The van der Waals surface area contributed by atoms with Gasteiger partial charge in [0.25, 0.3) is 5.69 Å². The van der Waals surface area contributed by atoms with Gasteiger partial charge in [0, 0.05) is 23.0 Å². The lowest BCUT2D eigenvalue weighted by molar-refractivity contribution is -0.386. The molecule has 0 saturated carbocycles. The Morgan fingerprint density at radius 3 is 2.59 bits per heavy atom. The molecular weight excluding hydrogens is 284 g/mol. The van der Waals surface area contributed by atoms with E-state index in [4.69, 9.17) is 0 Å². The molecule has 1 rings (SSSR count). The third-order valence-corrected chi connectivity index (χ3v) is 4.39. The molecule has 4 nitrogen and oxygen atoms in total. The van der Waals surface area contributed by atoms with E-state index in [9.17, 15) is 10.1 Å². The molecule has 0 N–H and O–H groups in total. The molecule has 0 aromatic carbocycles. The molecule has 0 radical (unpaired) electrons. The first kappa shape index (κ1) is 14.1. The predicted molar refractivity (Wildman–Crippen MR) is 71.5 cm³/mol. The number of aryl methyl sites for hydroxylation is 1. The normalized spacial score (nSPS) is 13.5. The maximum atomic E-state index is 11.0. The Balaban J connectivity index is 3.07. The zero-order chi connectivity index (χ0) is 13.2. The summed E-state index contributed by atoms with van der Waals surface area (Å²) < 4.78 is 0. The number of hydrogen-bond donors (Lipinski definition) is 0. The summed E-state index contributed by atoms with van der Waals surface area (Å²) in [6, 6.07) is 1.67. The first-order valence-corrected chi connectivity index (χ1v) is 6.38. The molecule has 17 heavy (non-hydrogen) atoms. The topological polar surface area (TPSA) is 56.0 Å². The van der Waals surface area contributed by atoms with E-state index in [1.54, 1.807) is 19.2 Å². The van der Waals surface area contributed by atoms with Crippen LogP contribution in [0, 0.1) is 22.5 Å². The van der Waals surface area contributed by atoms with Gasteiger partial charge in [0.1, 0.15) is 5.69 Å². The van der Waals surface area contributed by atoms with Crippen LogP contribution in [-0.2, 0) is 6.42 Å². The SMILES string of the molecule is Cc1ccnc(CC(Br)C(C)(C)C)c1[N+](=O)[O-]. The van der Waals surface area contributed by atoms with Gasteiger partial charge in [-0.1, -0.05) is 36.7 Å². The fourth-order valence-corrected chi connectivity index (χ4v) is 1.79. The van der Waals surface area contributed by atoms with Crippen molar-refractivity contribution >= 4 is 21.6 Å². The van der Waals surface area contributed by atoms with Gasteiger partial charge in [0.15, 0.2) is 0 Å². The van der Waals surface area contributed by atoms with Gasteiger partial charge in [-0.05, 0) is 18.4 Å². The molecule has 0 bridgehead atoms. The largest absolute Gasteiger partial charge is 0.293 e. The zero-order valence-corrected chi connectivity index (χ0v) is 12.1. The van der Waals surface area contributed by atoms with E-state index in [1.165, 1.54) is 0 Å². The minimum Gasteiger partial charge on any atom is -0.258 e. The summed E-state index contributed by atoms with van der Waals surface area (Å²) in [7, 11) is 0. The molecule has 0 spiro atoms. The van der Waals surface area contributed by atoms with Crippen molar-refractivity contribution in [3.63, 3.8) is 0 Å². The van der Waals surface area contributed by atoms with E-state index >= 15 is 0 Å². The Morgan fingerprint density at radius 1 is 1.53 bits per heavy atom. The Bertz CT molecular complexity index is 427. The number of nitro groups is 1. The highest BCUT2D eigenvalue weighted by molar-refractivity contribution is 9.09. The van der Waals surface area contributed by atoms with Gasteiger partial charge in [-0.15, -0.1) is 0 Å². The Hall–Kier alpha value is -0.970. The molecule has 5 heteroatoms. The highest BCUT2D eigenvalue weighted by Gasteiger charge is 2.27. The van der Waals surface area contributed by atoms with Gasteiger partial charge >= 0.3 is 0 Å². The van der Waals surface area contributed by atoms with Gasteiger partial charge in [-0.3, -0.25) is 15.1 Å². The van der Waals surface area contributed by atoms with Crippen LogP contribution >= 0.6 is 15.9 Å². The van der Waals surface area contributed by atoms with E-state index in [2.05, 4.69) is 41.7 Å². The second-order valence-electron chi connectivity index (χ2n) is 5.22. The summed E-state index contributed by atoms with van der Waals surface area (Å²) in [6.45, 7) is 8.01. The Labute approximate surface area is 110 Å². The van der Waals surface area contributed by atoms with Gasteiger partial charge in [-0.25, -0.2) is 0 Å². The summed E-state index contributed by atoms with van der Waals surface area (Å²) in [4.78, 5) is 15.0. The molecule has 0 aliphatic heterocycles. The summed E-state index contributed by atoms with van der Waals surface area (Å²) in [5.41, 5.74) is 1.39. The standard InChI is InChI=1S/C12H17BrN2O2/c1-8-5-6-14-9(11(8)15(16)17)7-10(13)12(2,3)4/h5-6,10H,7H2,1-4H3. The average Bonchev–Trinajstić information content (AvgIpc) is 2.15. The van der Waals surface area contributed by atoms with Crippen molar-refractivity contribution in [2.75, 3.05) is 0 Å². The van der Waals surface area contributed by atoms with Crippen LogP contribution in [0.3, 0.4) is 0 Å². The van der Waals surface area contributed by atoms with Crippen LogP contribution in [0.2, 0.25) is 0 Å². The molecule has 1 atom stereocenters. The van der Waals surface area contributed by atoms with Crippen LogP contribution in [0.1, 0.15) is 32.0 Å². The molecular formula is C12H17BrN2O2. The van der Waals surface area contributed by atoms with Crippen molar-refractivity contribution in [3.8, 4) is 0 Å². The van der Waals surface area contributed by atoms with Gasteiger partial charge in [0.2, 0.25) is 0 Å². The van der Waals surface area contributed by atoms with Crippen molar-refractivity contribution in [3.05, 3.63) is 33.6 Å². The van der Waals surface area contributed by atoms with Crippen LogP contribution in [-0.4, -0.2) is 14.7 Å². The Morgan fingerprint density at radius 2 is 2.12 bits per heavy atom. The maximum Gasteiger partial charge on any atom is 0.293 e. The minimum atomic E-state index is -0.347. The molecule has 0 aliphatic carbocycles. The van der Waals surface area contributed by atoms with Crippen LogP contribution in [0.25, 0.3) is 0 Å². The summed E-state index contributed by atoms with van der Waals surface area (Å²) >= 11 is 3.58. The lowest BCUT2D eigenvalue weighted by Gasteiger charge is -2.25. The summed E-state index contributed by atoms with van der Waals surface area (Å²) in [5, 5.41) is 11.0. The molecule has 0 aliphatic rings. The van der Waals surface area contributed by atoms with Gasteiger partial charge in [0.05, 0.1) is 4.92 Å². The third kappa shape index (κ3) is 3.49. The highest BCUT2D eigenvalue weighted by atomic mass is 79.9.